The van der Waals surface area contributed by atoms with Crippen molar-refractivity contribution < 1.29 is 0 Å². The fourth-order valence-electron chi connectivity index (χ4n) is 2.19. The molecule has 2 aliphatic rings. The Morgan fingerprint density at radius 2 is 2.06 bits per heavy atom. The first-order valence-corrected chi connectivity index (χ1v) is 7.46. The minimum absolute atomic E-state index is 0.621. The summed E-state index contributed by atoms with van der Waals surface area (Å²) in [4.78, 5) is 11.4. The summed E-state index contributed by atoms with van der Waals surface area (Å²) in [5.74, 6) is 3.12. The van der Waals surface area contributed by atoms with Crippen LogP contribution in [0, 0.1) is 0 Å². The SMILES string of the molecule is Clc1nc(N2CCSCC2)nc2c1CNCC2. The molecular formula is C11H15ClN4S. The van der Waals surface area contributed by atoms with Crippen molar-refractivity contribution in [3.63, 3.8) is 0 Å². The monoisotopic (exact) mass is 270 g/mol. The second kappa shape index (κ2) is 5.00. The summed E-state index contributed by atoms with van der Waals surface area (Å²) < 4.78 is 0. The van der Waals surface area contributed by atoms with Gasteiger partial charge in [-0.25, -0.2) is 9.97 Å². The summed E-state index contributed by atoms with van der Waals surface area (Å²) >= 11 is 8.23. The van der Waals surface area contributed by atoms with Gasteiger partial charge < -0.3 is 10.2 Å². The lowest BCUT2D eigenvalue weighted by molar-refractivity contribution is 0.623. The largest absolute Gasteiger partial charge is 0.339 e. The molecule has 1 N–H and O–H groups in total. The standard InChI is InChI=1S/C11H15ClN4S/c12-10-8-7-13-2-1-9(8)14-11(15-10)16-3-5-17-6-4-16/h13H,1-7H2. The molecule has 1 aromatic heterocycles. The lowest BCUT2D eigenvalue weighted by Crippen LogP contribution is -2.35. The minimum Gasteiger partial charge on any atom is -0.339 e. The van der Waals surface area contributed by atoms with Crippen LogP contribution in [0.2, 0.25) is 5.15 Å². The van der Waals surface area contributed by atoms with Gasteiger partial charge in [0.05, 0.1) is 5.69 Å². The maximum Gasteiger partial charge on any atom is 0.227 e. The van der Waals surface area contributed by atoms with Crippen molar-refractivity contribution in [2.75, 3.05) is 36.0 Å². The van der Waals surface area contributed by atoms with Crippen molar-refractivity contribution in [3.8, 4) is 0 Å². The maximum absolute atomic E-state index is 6.24. The molecule has 1 saturated heterocycles. The molecule has 0 saturated carbocycles. The van der Waals surface area contributed by atoms with Gasteiger partial charge in [0.1, 0.15) is 5.15 Å². The minimum atomic E-state index is 0.621. The van der Waals surface area contributed by atoms with E-state index < -0.39 is 0 Å². The Labute approximate surface area is 110 Å². The van der Waals surface area contributed by atoms with E-state index in [-0.39, 0.29) is 0 Å². The van der Waals surface area contributed by atoms with Crippen molar-refractivity contribution >= 4 is 29.3 Å². The molecule has 3 heterocycles. The smallest absolute Gasteiger partial charge is 0.227 e. The Hall–Kier alpha value is -0.520. The Morgan fingerprint density at radius 3 is 2.88 bits per heavy atom. The van der Waals surface area contributed by atoms with E-state index in [2.05, 4.69) is 20.2 Å². The topological polar surface area (TPSA) is 41.1 Å². The molecule has 0 radical (unpaired) electrons. The van der Waals surface area contributed by atoms with Crippen LogP contribution in [0.25, 0.3) is 0 Å². The third-order valence-electron chi connectivity index (χ3n) is 3.16. The van der Waals surface area contributed by atoms with Crippen LogP contribution in [-0.4, -0.2) is 41.1 Å². The maximum atomic E-state index is 6.24. The highest BCUT2D eigenvalue weighted by molar-refractivity contribution is 7.99. The van der Waals surface area contributed by atoms with Crippen molar-refractivity contribution in [2.45, 2.75) is 13.0 Å². The number of aromatic nitrogens is 2. The second-order valence-corrected chi connectivity index (χ2v) is 5.85. The van der Waals surface area contributed by atoms with Crippen LogP contribution >= 0.6 is 23.4 Å². The van der Waals surface area contributed by atoms with Crippen molar-refractivity contribution in [1.82, 2.24) is 15.3 Å². The zero-order valence-electron chi connectivity index (χ0n) is 9.58. The first kappa shape index (κ1) is 11.6. The van der Waals surface area contributed by atoms with E-state index in [4.69, 9.17) is 11.6 Å². The van der Waals surface area contributed by atoms with Gasteiger partial charge in [0.2, 0.25) is 5.95 Å². The molecule has 1 aromatic rings. The van der Waals surface area contributed by atoms with Crippen LogP contribution in [0.3, 0.4) is 0 Å². The molecule has 0 aliphatic carbocycles. The molecule has 0 spiro atoms. The molecule has 0 atom stereocenters. The molecule has 2 aliphatic heterocycles. The fourth-order valence-corrected chi connectivity index (χ4v) is 3.35. The van der Waals surface area contributed by atoms with E-state index in [1.54, 1.807) is 0 Å². The number of anilines is 1. The third-order valence-corrected chi connectivity index (χ3v) is 4.42. The Balaban J connectivity index is 1.92. The predicted octanol–water partition coefficient (Wildman–Crippen LogP) is 1.33. The molecule has 0 aromatic carbocycles. The number of nitrogens with one attached hydrogen (secondary N) is 1. The van der Waals surface area contributed by atoms with Gasteiger partial charge in [0.25, 0.3) is 0 Å². The Morgan fingerprint density at radius 1 is 1.24 bits per heavy atom. The number of hydrogen-bond acceptors (Lipinski definition) is 5. The lowest BCUT2D eigenvalue weighted by Gasteiger charge is -2.28. The van der Waals surface area contributed by atoms with Gasteiger partial charge in [0, 0.05) is 49.7 Å². The summed E-state index contributed by atoms with van der Waals surface area (Å²) in [5.41, 5.74) is 2.20. The molecule has 4 nitrogen and oxygen atoms in total. The van der Waals surface area contributed by atoms with Gasteiger partial charge in [-0.05, 0) is 0 Å². The number of halogens is 1. The molecule has 17 heavy (non-hydrogen) atoms. The zero-order chi connectivity index (χ0) is 11.7. The quantitative estimate of drug-likeness (QED) is 0.780. The van der Waals surface area contributed by atoms with Gasteiger partial charge in [-0.15, -0.1) is 0 Å². The molecule has 1 fully saturated rings. The number of rotatable bonds is 1. The van der Waals surface area contributed by atoms with E-state index in [9.17, 15) is 0 Å². The Bertz CT molecular complexity index is 420. The molecule has 0 amide bonds. The van der Waals surface area contributed by atoms with E-state index in [0.29, 0.717) is 5.15 Å². The van der Waals surface area contributed by atoms with E-state index in [0.717, 1.165) is 61.3 Å². The first-order valence-electron chi connectivity index (χ1n) is 5.93. The van der Waals surface area contributed by atoms with Gasteiger partial charge in [-0.1, -0.05) is 11.6 Å². The van der Waals surface area contributed by atoms with Gasteiger partial charge >= 0.3 is 0 Å². The van der Waals surface area contributed by atoms with E-state index >= 15 is 0 Å². The summed E-state index contributed by atoms with van der Waals surface area (Å²) in [6, 6.07) is 0. The normalized spacial score (nSPS) is 20.2. The summed E-state index contributed by atoms with van der Waals surface area (Å²) in [5, 5.41) is 3.92. The van der Waals surface area contributed by atoms with Crippen LogP contribution in [0.15, 0.2) is 0 Å². The number of thioether (sulfide) groups is 1. The average Bonchev–Trinajstić information content (AvgIpc) is 2.40. The fraction of sp³-hybridized carbons (Fsp3) is 0.636. The van der Waals surface area contributed by atoms with Crippen LogP contribution in [-0.2, 0) is 13.0 Å². The summed E-state index contributed by atoms with van der Waals surface area (Å²) in [6.45, 7) is 3.83. The third kappa shape index (κ3) is 2.37. The van der Waals surface area contributed by atoms with E-state index in [1.165, 1.54) is 0 Å². The van der Waals surface area contributed by atoms with E-state index in [1.807, 2.05) is 11.8 Å². The molecule has 3 rings (SSSR count). The molecular weight excluding hydrogens is 256 g/mol. The van der Waals surface area contributed by atoms with Crippen LogP contribution < -0.4 is 10.2 Å². The van der Waals surface area contributed by atoms with Gasteiger partial charge in [-0.3, -0.25) is 0 Å². The lowest BCUT2D eigenvalue weighted by atomic mass is 10.1. The highest BCUT2D eigenvalue weighted by Gasteiger charge is 2.20. The summed E-state index contributed by atoms with van der Waals surface area (Å²) in [6.07, 6.45) is 0.952. The van der Waals surface area contributed by atoms with Crippen LogP contribution in [0.5, 0.6) is 0 Å². The highest BCUT2D eigenvalue weighted by atomic mass is 35.5. The number of hydrogen-bond donors (Lipinski definition) is 1. The number of fused-ring (bicyclic) bond motifs is 1. The zero-order valence-corrected chi connectivity index (χ0v) is 11.2. The van der Waals surface area contributed by atoms with Crippen LogP contribution in [0.4, 0.5) is 5.95 Å². The number of nitrogens with zero attached hydrogens (tertiary/aromatic N) is 3. The first-order chi connectivity index (χ1) is 8.34. The molecule has 92 valence electrons. The van der Waals surface area contributed by atoms with Gasteiger partial charge in [-0.2, -0.15) is 11.8 Å². The highest BCUT2D eigenvalue weighted by Crippen LogP contribution is 2.24. The Kier molecular flexibility index (Phi) is 3.40. The van der Waals surface area contributed by atoms with Crippen molar-refractivity contribution in [1.29, 1.82) is 0 Å². The molecule has 6 heteroatoms. The molecule has 0 unspecified atom stereocenters. The predicted molar refractivity (Wildman–Crippen MR) is 72.0 cm³/mol. The summed E-state index contributed by atoms with van der Waals surface area (Å²) in [7, 11) is 0. The van der Waals surface area contributed by atoms with Crippen molar-refractivity contribution in [2.24, 2.45) is 0 Å². The molecule has 0 bridgehead atoms. The van der Waals surface area contributed by atoms with Crippen molar-refractivity contribution in [3.05, 3.63) is 16.4 Å². The van der Waals surface area contributed by atoms with Gasteiger partial charge in [0.15, 0.2) is 0 Å². The second-order valence-electron chi connectivity index (χ2n) is 4.27. The average molecular weight is 271 g/mol. The van der Waals surface area contributed by atoms with Crippen LogP contribution in [0.1, 0.15) is 11.3 Å².